The quantitative estimate of drug-likeness (QED) is 0.941. The van der Waals surface area contributed by atoms with Crippen LogP contribution < -0.4 is 5.32 Å². The van der Waals surface area contributed by atoms with E-state index in [4.69, 9.17) is 0 Å². The number of rotatable bonds is 4. The molecular formula is C16H21N3OS. The van der Waals surface area contributed by atoms with Gasteiger partial charge in [0.05, 0.1) is 5.69 Å². The minimum atomic E-state index is -0.0833. The maximum Gasteiger partial charge on any atom is 0.267 e. The number of nitrogens with zero attached hydrogens (tertiary/aromatic N) is 2. The fraction of sp³-hybridized carbons (Fsp3) is 0.375. The van der Waals surface area contributed by atoms with Gasteiger partial charge in [0.15, 0.2) is 0 Å². The summed E-state index contributed by atoms with van der Waals surface area (Å²) in [5.74, 6) is -0.0833. The smallest absolute Gasteiger partial charge is 0.267 e. The molecule has 1 heterocycles. The summed E-state index contributed by atoms with van der Waals surface area (Å²) in [5, 5.41) is 3.93. The average Bonchev–Trinajstić information content (AvgIpc) is 2.67. The van der Waals surface area contributed by atoms with Gasteiger partial charge in [0.1, 0.15) is 9.88 Å². The molecule has 0 saturated carbocycles. The van der Waals surface area contributed by atoms with Gasteiger partial charge in [-0.05, 0) is 58.1 Å². The average molecular weight is 303 g/mol. The lowest BCUT2D eigenvalue weighted by atomic mass is 10.1. The largest absolute Gasteiger partial charge is 0.321 e. The van der Waals surface area contributed by atoms with Crippen LogP contribution in [-0.2, 0) is 6.54 Å². The Balaban J connectivity index is 2.18. The van der Waals surface area contributed by atoms with Crippen molar-refractivity contribution in [3.8, 4) is 0 Å². The Morgan fingerprint density at radius 3 is 2.38 bits per heavy atom. The van der Waals surface area contributed by atoms with Crippen LogP contribution in [0.2, 0.25) is 0 Å². The lowest BCUT2D eigenvalue weighted by Crippen LogP contribution is -2.11. The fourth-order valence-corrected chi connectivity index (χ4v) is 3.31. The second-order valence-corrected chi connectivity index (χ2v) is 6.67. The molecule has 0 aliphatic heterocycles. The Morgan fingerprint density at radius 1 is 1.19 bits per heavy atom. The van der Waals surface area contributed by atoms with Crippen molar-refractivity contribution in [2.75, 3.05) is 19.4 Å². The van der Waals surface area contributed by atoms with Crippen LogP contribution in [0.4, 0.5) is 5.69 Å². The van der Waals surface area contributed by atoms with E-state index < -0.39 is 0 Å². The summed E-state index contributed by atoms with van der Waals surface area (Å²) in [6, 6.07) is 6.03. The zero-order valence-corrected chi connectivity index (χ0v) is 14.0. The SMILES string of the molecule is Cc1cc(C)cc(NC(=O)c2sc(CN(C)C)nc2C)c1. The number of hydrogen-bond acceptors (Lipinski definition) is 4. The Morgan fingerprint density at radius 2 is 1.81 bits per heavy atom. The molecule has 0 aliphatic carbocycles. The van der Waals surface area contributed by atoms with Crippen LogP contribution in [0.3, 0.4) is 0 Å². The predicted octanol–water partition coefficient (Wildman–Crippen LogP) is 3.38. The summed E-state index contributed by atoms with van der Waals surface area (Å²) in [6.07, 6.45) is 0. The van der Waals surface area contributed by atoms with E-state index in [9.17, 15) is 4.79 Å². The van der Waals surface area contributed by atoms with E-state index in [0.717, 1.165) is 34.1 Å². The highest BCUT2D eigenvalue weighted by Crippen LogP contribution is 2.21. The van der Waals surface area contributed by atoms with Crippen molar-refractivity contribution in [1.29, 1.82) is 0 Å². The molecule has 0 radical (unpaired) electrons. The molecule has 112 valence electrons. The maximum absolute atomic E-state index is 12.4. The number of anilines is 1. The lowest BCUT2D eigenvalue weighted by molar-refractivity contribution is 0.103. The van der Waals surface area contributed by atoms with Crippen molar-refractivity contribution in [3.05, 3.63) is 44.9 Å². The van der Waals surface area contributed by atoms with E-state index in [-0.39, 0.29) is 5.91 Å². The van der Waals surface area contributed by atoms with Crippen LogP contribution in [0.25, 0.3) is 0 Å². The van der Waals surface area contributed by atoms with Gasteiger partial charge in [-0.15, -0.1) is 11.3 Å². The van der Waals surface area contributed by atoms with E-state index >= 15 is 0 Å². The molecule has 1 aromatic carbocycles. The second kappa shape index (κ2) is 6.37. The van der Waals surface area contributed by atoms with Gasteiger partial charge < -0.3 is 10.2 Å². The number of aryl methyl sites for hydroxylation is 3. The molecule has 0 bridgehead atoms. The maximum atomic E-state index is 12.4. The number of thiazole rings is 1. The van der Waals surface area contributed by atoms with Gasteiger partial charge in [-0.2, -0.15) is 0 Å². The second-order valence-electron chi connectivity index (χ2n) is 5.59. The van der Waals surface area contributed by atoms with Crippen LogP contribution in [0.15, 0.2) is 18.2 Å². The summed E-state index contributed by atoms with van der Waals surface area (Å²) in [5.41, 5.74) is 3.90. The topological polar surface area (TPSA) is 45.2 Å². The Labute approximate surface area is 129 Å². The van der Waals surface area contributed by atoms with Crippen molar-refractivity contribution in [1.82, 2.24) is 9.88 Å². The first-order valence-electron chi connectivity index (χ1n) is 6.86. The summed E-state index contributed by atoms with van der Waals surface area (Å²) in [4.78, 5) is 19.6. The molecule has 1 N–H and O–H groups in total. The first-order valence-corrected chi connectivity index (χ1v) is 7.67. The van der Waals surface area contributed by atoms with Crippen LogP contribution in [-0.4, -0.2) is 29.9 Å². The number of carbonyl (C=O) groups is 1. The van der Waals surface area contributed by atoms with E-state index in [2.05, 4.69) is 16.4 Å². The van der Waals surface area contributed by atoms with Crippen molar-refractivity contribution in [2.24, 2.45) is 0 Å². The zero-order valence-electron chi connectivity index (χ0n) is 13.2. The van der Waals surface area contributed by atoms with Crippen molar-refractivity contribution < 1.29 is 4.79 Å². The van der Waals surface area contributed by atoms with Gasteiger partial charge in [0, 0.05) is 12.2 Å². The van der Waals surface area contributed by atoms with E-state index in [1.807, 2.05) is 51.9 Å². The van der Waals surface area contributed by atoms with Crippen molar-refractivity contribution >= 4 is 22.9 Å². The molecular weight excluding hydrogens is 282 g/mol. The molecule has 0 unspecified atom stereocenters. The molecule has 1 amide bonds. The van der Waals surface area contributed by atoms with Crippen LogP contribution in [0.1, 0.15) is 31.5 Å². The number of carbonyl (C=O) groups excluding carboxylic acids is 1. The minimum absolute atomic E-state index is 0.0833. The van der Waals surface area contributed by atoms with Gasteiger partial charge in [-0.25, -0.2) is 4.98 Å². The number of benzene rings is 1. The van der Waals surface area contributed by atoms with Gasteiger partial charge in [0.2, 0.25) is 0 Å². The molecule has 0 fully saturated rings. The normalized spacial score (nSPS) is 11.0. The highest BCUT2D eigenvalue weighted by atomic mass is 32.1. The monoisotopic (exact) mass is 303 g/mol. The van der Waals surface area contributed by atoms with E-state index in [1.54, 1.807) is 0 Å². The van der Waals surface area contributed by atoms with Crippen LogP contribution >= 0.6 is 11.3 Å². The van der Waals surface area contributed by atoms with Gasteiger partial charge in [0.25, 0.3) is 5.91 Å². The molecule has 1 aromatic heterocycles. The third-order valence-electron chi connectivity index (χ3n) is 2.98. The number of nitrogens with one attached hydrogen (secondary N) is 1. The zero-order chi connectivity index (χ0) is 15.6. The first kappa shape index (κ1) is 15.7. The highest BCUT2D eigenvalue weighted by molar-refractivity contribution is 7.13. The first-order chi connectivity index (χ1) is 9.85. The van der Waals surface area contributed by atoms with Crippen LogP contribution in [0, 0.1) is 20.8 Å². The number of aromatic nitrogens is 1. The van der Waals surface area contributed by atoms with Crippen molar-refractivity contribution in [2.45, 2.75) is 27.3 Å². The molecule has 21 heavy (non-hydrogen) atoms. The molecule has 2 aromatic rings. The molecule has 5 heteroatoms. The van der Waals surface area contributed by atoms with Gasteiger partial charge in [-0.1, -0.05) is 6.07 Å². The number of hydrogen-bond donors (Lipinski definition) is 1. The van der Waals surface area contributed by atoms with E-state index in [0.29, 0.717) is 4.88 Å². The predicted molar refractivity (Wildman–Crippen MR) is 88.1 cm³/mol. The molecule has 0 saturated heterocycles. The Kier molecular flexibility index (Phi) is 4.75. The third-order valence-corrected chi connectivity index (χ3v) is 4.12. The van der Waals surface area contributed by atoms with Gasteiger partial charge >= 0.3 is 0 Å². The molecule has 0 atom stereocenters. The molecule has 0 aliphatic rings. The summed E-state index contributed by atoms with van der Waals surface area (Å²) < 4.78 is 0. The summed E-state index contributed by atoms with van der Waals surface area (Å²) >= 11 is 1.46. The summed E-state index contributed by atoms with van der Waals surface area (Å²) in [7, 11) is 3.98. The minimum Gasteiger partial charge on any atom is -0.321 e. The molecule has 4 nitrogen and oxygen atoms in total. The molecule has 0 spiro atoms. The fourth-order valence-electron chi connectivity index (χ4n) is 2.24. The third kappa shape index (κ3) is 4.12. The Hall–Kier alpha value is -1.72. The van der Waals surface area contributed by atoms with E-state index in [1.165, 1.54) is 11.3 Å². The Bertz CT molecular complexity index is 641. The highest BCUT2D eigenvalue weighted by Gasteiger charge is 2.16. The summed E-state index contributed by atoms with van der Waals surface area (Å²) in [6.45, 7) is 6.68. The van der Waals surface area contributed by atoms with Crippen molar-refractivity contribution in [3.63, 3.8) is 0 Å². The van der Waals surface area contributed by atoms with Crippen LogP contribution in [0.5, 0.6) is 0 Å². The lowest BCUT2D eigenvalue weighted by Gasteiger charge is -2.07. The standard InChI is InChI=1S/C16H21N3OS/c1-10-6-11(2)8-13(7-10)18-16(20)15-12(3)17-14(21-15)9-19(4)5/h6-8H,9H2,1-5H3,(H,18,20). The van der Waals surface area contributed by atoms with Gasteiger partial charge in [-0.3, -0.25) is 4.79 Å². The molecule has 2 rings (SSSR count). The number of amides is 1.